The molecule has 0 aromatic carbocycles. The summed E-state index contributed by atoms with van der Waals surface area (Å²) in [4.78, 5) is 15.5. The van der Waals surface area contributed by atoms with Gasteiger partial charge in [0, 0.05) is 26.1 Å². The highest BCUT2D eigenvalue weighted by molar-refractivity contribution is 7.09. The van der Waals surface area contributed by atoms with Gasteiger partial charge in [0.25, 0.3) is 0 Å². The highest BCUT2D eigenvalue weighted by Gasteiger charge is 2.15. The number of nitrogen functional groups attached to an aromatic ring is 1. The molecule has 0 aliphatic heterocycles. The number of ether oxygens (including phenoxy) is 1. The Balaban J connectivity index is 1.80. The predicted molar refractivity (Wildman–Crippen MR) is 95.0 cm³/mol. The average Bonchev–Trinajstić information content (AvgIpc) is 3.15. The maximum Gasteiger partial charge on any atom is 0.229 e. The van der Waals surface area contributed by atoms with Crippen molar-refractivity contribution < 1.29 is 4.74 Å². The van der Waals surface area contributed by atoms with Gasteiger partial charge in [-0.3, -0.25) is 4.68 Å². The van der Waals surface area contributed by atoms with Crippen LogP contribution in [0.15, 0.2) is 11.6 Å². The van der Waals surface area contributed by atoms with Gasteiger partial charge < -0.3 is 15.4 Å². The first kappa shape index (κ1) is 16.6. The van der Waals surface area contributed by atoms with Crippen LogP contribution in [0.4, 0.5) is 11.8 Å². The number of anilines is 2. The minimum Gasteiger partial charge on any atom is -0.383 e. The van der Waals surface area contributed by atoms with E-state index in [1.807, 2.05) is 38.2 Å². The van der Waals surface area contributed by atoms with Crippen LogP contribution in [-0.2, 0) is 18.3 Å². The number of nitrogens with zero attached hydrogens (tertiary/aromatic N) is 6. The second-order valence-corrected chi connectivity index (χ2v) is 6.43. The first-order valence-electron chi connectivity index (χ1n) is 7.71. The zero-order valence-electron chi connectivity index (χ0n) is 14.2. The fraction of sp³-hybridized carbons (Fsp3) is 0.467. The Morgan fingerprint density at radius 3 is 2.92 bits per heavy atom. The molecule has 3 aromatic rings. The van der Waals surface area contributed by atoms with Gasteiger partial charge in [-0.1, -0.05) is 0 Å². The molecule has 3 aromatic heterocycles. The van der Waals surface area contributed by atoms with Crippen molar-refractivity contribution in [1.82, 2.24) is 24.7 Å². The van der Waals surface area contributed by atoms with Crippen molar-refractivity contribution in [3.8, 4) is 0 Å². The molecule has 0 aliphatic carbocycles. The molecule has 2 N–H and O–H groups in total. The molecule has 0 spiro atoms. The summed E-state index contributed by atoms with van der Waals surface area (Å²) in [6.45, 7) is 5.26. The molecule has 3 rings (SSSR count). The number of rotatable bonds is 6. The van der Waals surface area contributed by atoms with Crippen LogP contribution in [0.1, 0.15) is 30.7 Å². The first-order valence-corrected chi connectivity index (χ1v) is 8.59. The minimum absolute atomic E-state index is 0.0109. The Morgan fingerprint density at radius 1 is 1.38 bits per heavy atom. The van der Waals surface area contributed by atoms with Crippen molar-refractivity contribution in [3.63, 3.8) is 0 Å². The van der Waals surface area contributed by atoms with Crippen LogP contribution in [0.3, 0.4) is 0 Å². The van der Waals surface area contributed by atoms with Gasteiger partial charge in [-0.05, 0) is 13.8 Å². The van der Waals surface area contributed by atoms with E-state index in [-0.39, 0.29) is 6.10 Å². The molecule has 24 heavy (non-hydrogen) atoms. The van der Waals surface area contributed by atoms with E-state index in [1.54, 1.807) is 22.2 Å². The predicted octanol–water partition coefficient (Wildman–Crippen LogP) is 2.14. The standard InChI is InChI=1S/C15H21N7OS/c1-5-23-9(2)14-18-10(8-24-14)7-21(3)15-19-12(16)11-6-17-22(4)13(11)20-15/h6,8-9H,5,7H2,1-4H3,(H2,16,19,20)/t9-/m0/s1. The summed E-state index contributed by atoms with van der Waals surface area (Å²) in [6, 6.07) is 0. The molecule has 0 bridgehead atoms. The summed E-state index contributed by atoms with van der Waals surface area (Å²) in [5, 5.41) is 7.94. The van der Waals surface area contributed by atoms with Crippen LogP contribution < -0.4 is 10.6 Å². The van der Waals surface area contributed by atoms with Crippen LogP contribution >= 0.6 is 11.3 Å². The van der Waals surface area contributed by atoms with E-state index in [2.05, 4.69) is 20.1 Å². The number of hydrogen-bond acceptors (Lipinski definition) is 8. The van der Waals surface area contributed by atoms with Gasteiger partial charge in [0.2, 0.25) is 5.95 Å². The molecule has 0 fully saturated rings. The SMILES string of the molecule is CCO[C@@H](C)c1nc(CN(C)c2nc(N)c3cnn(C)c3n2)cs1. The molecule has 128 valence electrons. The third-order valence-electron chi connectivity index (χ3n) is 3.68. The van der Waals surface area contributed by atoms with E-state index in [9.17, 15) is 0 Å². The third kappa shape index (κ3) is 3.17. The van der Waals surface area contributed by atoms with Crippen molar-refractivity contribution >= 4 is 34.1 Å². The quantitative estimate of drug-likeness (QED) is 0.730. The fourth-order valence-corrected chi connectivity index (χ4v) is 3.23. The summed E-state index contributed by atoms with van der Waals surface area (Å²) in [7, 11) is 3.75. The van der Waals surface area contributed by atoms with Gasteiger partial charge in [0.05, 0.1) is 23.8 Å². The zero-order chi connectivity index (χ0) is 17.3. The molecule has 0 radical (unpaired) electrons. The number of aromatic nitrogens is 5. The number of nitrogens with two attached hydrogens (primary N) is 1. The average molecular weight is 347 g/mol. The van der Waals surface area contributed by atoms with Gasteiger partial charge in [0.1, 0.15) is 16.9 Å². The molecule has 0 aliphatic rings. The van der Waals surface area contributed by atoms with Crippen molar-refractivity contribution in [1.29, 1.82) is 0 Å². The molecule has 9 heteroatoms. The van der Waals surface area contributed by atoms with Crippen molar-refractivity contribution in [2.75, 3.05) is 24.3 Å². The van der Waals surface area contributed by atoms with Crippen molar-refractivity contribution in [3.05, 3.63) is 22.3 Å². The summed E-state index contributed by atoms with van der Waals surface area (Å²) in [5.74, 6) is 0.981. The number of fused-ring (bicyclic) bond motifs is 1. The Labute approximate surface area is 144 Å². The van der Waals surface area contributed by atoms with Crippen LogP contribution in [0, 0.1) is 0 Å². The van der Waals surface area contributed by atoms with E-state index in [0.29, 0.717) is 30.6 Å². The molecule has 8 nitrogen and oxygen atoms in total. The number of thiazole rings is 1. The van der Waals surface area contributed by atoms with Gasteiger partial charge in [-0.15, -0.1) is 11.3 Å². The fourth-order valence-electron chi connectivity index (χ4n) is 2.42. The Kier molecular flexibility index (Phi) is 4.63. The first-order chi connectivity index (χ1) is 11.5. The van der Waals surface area contributed by atoms with E-state index >= 15 is 0 Å². The lowest BCUT2D eigenvalue weighted by Gasteiger charge is -2.16. The molecule has 1 atom stereocenters. The summed E-state index contributed by atoms with van der Waals surface area (Å²) in [5.41, 5.74) is 7.69. The van der Waals surface area contributed by atoms with E-state index in [0.717, 1.165) is 16.1 Å². The molecular weight excluding hydrogens is 326 g/mol. The Hall–Kier alpha value is -2.26. The summed E-state index contributed by atoms with van der Waals surface area (Å²) < 4.78 is 7.27. The third-order valence-corrected chi connectivity index (χ3v) is 4.74. The number of hydrogen-bond donors (Lipinski definition) is 1. The van der Waals surface area contributed by atoms with Crippen LogP contribution in [0.5, 0.6) is 0 Å². The maximum atomic E-state index is 6.02. The smallest absolute Gasteiger partial charge is 0.229 e. The molecule has 0 saturated heterocycles. The normalized spacial score (nSPS) is 12.7. The van der Waals surface area contributed by atoms with Crippen LogP contribution in [0.2, 0.25) is 0 Å². The minimum atomic E-state index is 0.0109. The van der Waals surface area contributed by atoms with Gasteiger partial charge >= 0.3 is 0 Å². The zero-order valence-corrected chi connectivity index (χ0v) is 15.0. The van der Waals surface area contributed by atoms with Crippen LogP contribution in [-0.4, -0.2) is 38.4 Å². The number of aryl methyl sites for hydroxylation is 1. The summed E-state index contributed by atoms with van der Waals surface area (Å²) >= 11 is 1.60. The van der Waals surface area contributed by atoms with E-state index in [1.165, 1.54) is 0 Å². The Bertz CT molecular complexity index is 844. The largest absolute Gasteiger partial charge is 0.383 e. The van der Waals surface area contributed by atoms with Gasteiger partial charge in [-0.25, -0.2) is 4.98 Å². The molecule has 0 unspecified atom stereocenters. The lowest BCUT2D eigenvalue weighted by molar-refractivity contribution is 0.0761. The maximum absolute atomic E-state index is 6.02. The topological polar surface area (TPSA) is 95.0 Å². The highest BCUT2D eigenvalue weighted by atomic mass is 32.1. The van der Waals surface area contributed by atoms with Crippen molar-refractivity contribution in [2.45, 2.75) is 26.5 Å². The summed E-state index contributed by atoms with van der Waals surface area (Å²) in [6.07, 6.45) is 1.69. The van der Waals surface area contributed by atoms with Crippen LogP contribution in [0.25, 0.3) is 11.0 Å². The van der Waals surface area contributed by atoms with E-state index in [4.69, 9.17) is 10.5 Å². The lowest BCUT2D eigenvalue weighted by atomic mass is 10.4. The van der Waals surface area contributed by atoms with E-state index < -0.39 is 0 Å². The molecular formula is C15H21N7OS. The van der Waals surface area contributed by atoms with Gasteiger partial charge in [0.15, 0.2) is 5.65 Å². The van der Waals surface area contributed by atoms with Gasteiger partial charge in [-0.2, -0.15) is 15.1 Å². The monoisotopic (exact) mass is 347 g/mol. The molecule has 3 heterocycles. The highest BCUT2D eigenvalue weighted by Crippen LogP contribution is 2.24. The molecule has 0 saturated carbocycles. The second kappa shape index (κ2) is 6.70. The molecule has 0 amide bonds. The Morgan fingerprint density at radius 2 is 2.17 bits per heavy atom. The lowest BCUT2D eigenvalue weighted by Crippen LogP contribution is -2.20. The second-order valence-electron chi connectivity index (χ2n) is 5.55. The van der Waals surface area contributed by atoms with Crippen molar-refractivity contribution in [2.24, 2.45) is 7.05 Å².